The molecule has 0 bridgehead atoms. The second kappa shape index (κ2) is 7.03. The standard InChI is InChI=1S/C19H19N3O4/c23-17-5-2-8-22(17)16-11-13(6-7-20-16)12-21-19(24)14-3-1-4-15-18(14)26-10-9-25-15/h1,3-4,6-7,11H,2,5,8-10,12H2,(H,21,24). The molecular weight excluding hydrogens is 334 g/mol. The maximum atomic E-state index is 12.6. The zero-order valence-electron chi connectivity index (χ0n) is 14.2. The normalized spacial score (nSPS) is 15.8. The van der Waals surface area contributed by atoms with Crippen LogP contribution < -0.4 is 19.7 Å². The maximum Gasteiger partial charge on any atom is 0.255 e. The maximum absolute atomic E-state index is 12.6. The van der Waals surface area contributed by atoms with Crippen LogP contribution in [-0.4, -0.2) is 36.6 Å². The van der Waals surface area contributed by atoms with Crippen LogP contribution >= 0.6 is 0 Å². The van der Waals surface area contributed by atoms with E-state index in [2.05, 4.69) is 10.3 Å². The van der Waals surface area contributed by atoms with E-state index in [1.165, 1.54) is 0 Å². The summed E-state index contributed by atoms with van der Waals surface area (Å²) < 4.78 is 11.1. The van der Waals surface area contributed by atoms with Crippen molar-refractivity contribution >= 4 is 17.6 Å². The second-order valence-electron chi connectivity index (χ2n) is 6.18. The topological polar surface area (TPSA) is 80.8 Å². The van der Waals surface area contributed by atoms with Crippen LogP contribution in [0.15, 0.2) is 36.5 Å². The van der Waals surface area contributed by atoms with Crippen LogP contribution in [0.25, 0.3) is 0 Å². The van der Waals surface area contributed by atoms with Crippen molar-refractivity contribution in [2.75, 3.05) is 24.7 Å². The van der Waals surface area contributed by atoms with E-state index in [1.807, 2.05) is 12.1 Å². The highest BCUT2D eigenvalue weighted by Gasteiger charge is 2.23. The first-order valence-electron chi connectivity index (χ1n) is 8.64. The highest BCUT2D eigenvalue weighted by molar-refractivity contribution is 5.98. The van der Waals surface area contributed by atoms with E-state index in [0.29, 0.717) is 55.6 Å². The molecule has 7 nitrogen and oxygen atoms in total. The Balaban J connectivity index is 1.46. The average Bonchev–Trinajstić information content (AvgIpc) is 3.12. The van der Waals surface area contributed by atoms with Crippen molar-refractivity contribution in [3.05, 3.63) is 47.7 Å². The molecule has 7 heteroatoms. The third kappa shape index (κ3) is 3.20. The number of pyridine rings is 1. The van der Waals surface area contributed by atoms with Gasteiger partial charge in [-0.1, -0.05) is 6.07 Å². The summed E-state index contributed by atoms with van der Waals surface area (Å²) in [5.74, 6) is 1.56. The van der Waals surface area contributed by atoms with Crippen molar-refractivity contribution < 1.29 is 19.1 Å². The number of para-hydroxylation sites is 1. The SMILES string of the molecule is O=C(NCc1ccnc(N2CCCC2=O)c1)c1cccc2c1OCCO2. The van der Waals surface area contributed by atoms with Gasteiger partial charge in [-0.2, -0.15) is 0 Å². The van der Waals surface area contributed by atoms with Gasteiger partial charge in [0.2, 0.25) is 5.91 Å². The summed E-state index contributed by atoms with van der Waals surface area (Å²) >= 11 is 0. The molecule has 1 fully saturated rings. The number of fused-ring (bicyclic) bond motifs is 1. The predicted octanol–water partition coefficient (Wildman–Crippen LogP) is 1.91. The number of hydrogen-bond acceptors (Lipinski definition) is 5. The van der Waals surface area contributed by atoms with E-state index in [0.717, 1.165) is 12.0 Å². The monoisotopic (exact) mass is 353 g/mol. The first-order valence-corrected chi connectivity index (χ1v) is 8.64. The van der Waals surface area contributed by atoms with E-state index >= 15 is 0 Å². The first-order chi connectivity index (χ1) is 12.7. The molecule has 0 radical (unpaired) electrons. The Morgan fingerprint density at radius 2 is 2.12 bits per heavy atom. The number of carbonyl (C=O) groups excluding carboxylic acids is 2. The van der Waals surface area contributed by atoms with Crippen LogP contribution in [0.1, 0.15) is 28.8 Å². The van der Waals surface area contributed by atoms with Gasteiger partial charge >= 0.3 is 0 Å². The minimum Gasteiger partial charge on any atom is -0.486 e. The van der Waals surface area contributed by atoms with Gasteiger partial charge in [0.05, 0.1) is 5.56 Å². The Morgan fingerprint density at radius 3 is 2.96 bits per heavy atom. The van der Waals surface area contributed by atoms with Crippen molar-refractivity contribution in [3.63, 3.8) is 0 Å². The molecule has 134 valence electrons. The molecule has 26 heavy (non-hydrogen) atoms. The largest absolute Gasteiger partial charge is 0.486 e. The fourth-order valence-electron chi connectivity index (χ4n) is 3.14. The first kappa shape index (κ1) is 16.4. The van der Waals surface area contributed by atoms with Crippen LogP contribution in [0.5, 0.6) is 11.5 Å². The molecule has 1 saturated heterocycles. The lowest BCUT2D eigenvalue weighted by Gasteiger charge is -2.20. The summed E-state index contributed by atoms with van der Waals surface area (Å²) in [5, 5.41) is 2.89. The molecule has 3 heterocycles. The quantitative estimate of drug-likeness (QED) is 0.908. The summed E-state index contributed by atoms with van der Waals surface area (Å²) in [7, 11) is 0. The minimum absolute atomic E-state index is 0.0896. The number of benzene rings is 1. The van der Waals surface area contributed by atoms with Gasteiger partial charge in [0.1, 0.15) is 19.0 Å². The third-order valence-corrected chi connectivity index (χ3v) is 4.42. The predicted molar refractivity (Wildman–Crippen MR) is 94.4 cm³/mol. The van der Waals surface area contributed by atoms with Gasteiger partial charge in [0.25, 0.3) is 5.91 Å². The van der Waals surface area contributed by atoms with E-state index in [-0.39, 0.29) is 11.8 Å². The van der Waals surface area contributed by atoms with E-state index < -0.39 is 0 Å². The Kier molecular flexibility index (Phi) is 4.43. The molecule has 0 unspecified atom stereocenters. The van der Waals surface area contributed by atoms with E-state index in [1.54, 1.807) is 29.3 Å². The summed E-state index contributed by atoms with van der Waals surface area (Å²) in [6.07, 6.45) is 3.07. The van der Waals surface area contributed by atoms with Gasteiger partial charge in [0.15, 0.2) is 11.5 Å². The van der Waals surface area contributed by atoms with Crippen LogP contribution in [0, 0.1) is 0 Å². The average molecular weight is 353 g/mol. The zero-order valence-corrected chi connectivity index (χ0v) is 14.2. The molecule has 2 aliphatic rings. The number of carbonyl (C=O) groups is 2. The van der Waals surface area contributed by atoms with Crippen molar-refractivity contribution in [2.45, 2.75) is 19.4 Å². The van der Waals surface area contributed by atoms with Crippen molar-refractivity contribution in [2.24, 2.45) is 0 Å². The Bertz CT molecular complexity index is 852. The molecule has 1 aromatic heterocycles. The fraction of sp³-hybridized carbons (Fsp3) is 0.316. The number of amides is 2. The molecule has 1 N–H and O–H groups in total. The lowest BCUT2D eigenvalue weighted by Crippen LogP contribution is -2.26. The summed E-state index contributed by atoms with van der Waals surface area (Å²) in [5.41, 5.74) is 1.33. The lowest BCUT2D eigenvalue weighted by molar-refractivity contribution is -0.117. The third-order valence-electron chi connectivity index (χ3n) is 4.42. The molecular formula is C19H19N3O4. The second-order valence-corrected chi connectivity index (χ2v) is 6.18. The molecule has 0 atom stereocenters. The number of nitrogens with one attached hydrogen (secondary N) is 1. The van der Waals surface area contributed by atoms with Crippen LogP contribution in [-0.2, 0) is 11.3 Å². The summed E-state index contributed by atoms with van der Waals surface area (Å²) in [6, 6.07) is 8.93. The van der Waals surface area contributed by atoms with Gasteiger partial charge in [-0.25, -0.2) is 4.98 Å². The Morgan fingerprint density at radius 1 is 1.23 bits per heavy atom. The van der Waals surface area contributed by atoms with Crippen molar-refractivity contribution in [1.29, 1.82) is 0 Å². The van der Waals surface area contributed by atoms with Crippen LogP contribution in [0.4, 0.5) is 5.82 Å². The number of ether oxygens (including phenoxy) is 2. The molecule has 2 amide bonds. The Labute approximate surface area is 150 Å². The van der Waals surface area contributed by atoms with Gasteiger partial charge in [-0.15, -0.1) is 0 Å². The number of anilines is 1. The highest BCUT2D eigenvalue weighted by atomic mass is 16.6. The van der Waals surface area contributed by atoms with Gasteiger partial charge in [0, 0.05) is 25.7 Å². The number of nitrogens with zero attached hydrogens (tertiary/aromatic N) is 2. The highest BCUT2D eigenvalue weighted by Crippen LogP contribution is 2.33. The van der Waals surface area contributed by atoms with E-state index in [9.17, 15) is 9.59 Å². The molecule has 2 aromatic rings. The smallest absolute Gasteiger partial charge is 0.255 e. The molecule has 1 aromatic carbocycles. The molecule has 0 saturated carbocycles. The molecule has 4 rings (SSSR count). The lowest BCUT2D eigenvalue weighted by atomic mass is 10.1. The summed E-state index contributed by atoms with van der Waals surface area (Å²) in [6.45, 7) is 1.93. The van der Waals surface area contributed by atoms with Gasteiger partial charge < -0.3 is 14.8 Å². The van der Waals surface area contributed by atoms with Crippen LogP contribution in [0.2, 0.25) is 0 Å². The van der Waals surface area contributed by atoms with E-state index in [4.69, 9.17) is 9.47 Å². The molecule has 2 aliphatic heterocycles. The van der Waals surface area contributed by atoms with Crippen molar-refractivity contribution in [3.8, 4) is 11.5 Å². The zero-order chi connectivity index (χ0) is 17.9. The molecule has 0 aliphatic carbocycles. The fourth-order valence-corrected chi connectivity index (χ4v) is 3.14. The number of hydrogen-bond donors (Lipinski definition) is 1. The minimum atomic E-state index is -0.233. The van der Waals surface area contributed by atoms with Crippen molar-refractivity contribution in [1.82, 2.24) is 10.3 Å². The number of rotatable bonds is 4. The number of aromatic nitrogens is 1. The van der Waals surface area contributed by atoms with Gasteiger partial charge in [-0.3, -0.25) is 14.5 Å². The summed E-state index contributed by atoms with van der Waals surface area (Å²) in [4.78, 5) is 30.4. The Hall–Kier alpha value is -3.09. The molecule has 0 spiro atoms. The van der Waals surface area contributed by atoms with Gasteiger partial charge in [-0.05, 0) is 36.2 Å². The van der Waals surface area contributed by atoms with Crippen LogP contribution in [0.3, 0.4) is 0 Å².